The van der Waals surface area contributed by atoms with Gasteiger partial charge in [0.1, 0.15) is 19.7 Å². The second-order valence-corrected chi connectivity index (χ2v) is 11.2. The maximum Gasteiger partial charge on any atom is 0.261 e. The van der Waals surface area contributed by atoms with Gasteiger partial charge in [0.05, 0.1) is 33.1 Å². The zero-order valence-corrected chi connectivity index (χ0v) is 16.6. The molecular formula is C16H16N2O8S2. The number of fused-ring (bicyclic) bond motifs is 2. The molecule has 0 bridgehead atoms. The lowest BCUT2D eigenvalue weighted by Crippen LogP contribution is -2.29. The minimum atomic E-state index is -3.41. The summed E-state index contributed by atoms with van der Waals surface area (Å²) in [6.07, 6.45) is 1.95. The van der Waals surface area contributed by atoms with Crippen molar-refractivity contribution in [3.05, 3.63) is 53.5 Å². The normalized spacial score (nSPS) is 12.9. The van der Waals surface area contributed by atoms with E-state index in [9.17, 15) is 36.0 Å². The highest BCUT2D eigenvalue weighted by Gasteiger charge is 2.20. The van der Waals surface area contributed by atoms with Crippen LogP contribution in [0.4, 0.5) is 0 Å². The summed E-state index contributed by atoms with van der Waals surface area (Å²) in [6, 6.07) is 2.26. The number of hydrogen-bond donors (Lipinski definition) is 0. The van der Waals surface area contributed by atoms with Crippen LogP contribution in [-0.4, -0.2) is 50.0 Å². The number of aromatic nitrogens is 2. The first kappa shape index (κ1) is 20.1. The Labute approximate surface area is 158 Å². The molecule has 0 atom stereocenters. The highest BCUT2D eigenvalue weighted by Crippen LogP contribution is 2.14. The van der Waals surface area contributed by atoms with Crippen molar-refractivity contribution in [2.24, 2.45) is 0 Å². The van der Waals surface area contributed by atoms with E-state index in [2.05, 4.69) is 0 Å². The third-order valence-corrected chi connectivity index (χ3v) is 6.28. The molecule has 0 aliphatic heterocycles. The maximum absolute atomic E-state index is 12.5. The van der Waals surface area contributed by atoms with Crippen LogP contribution < -0.4 is 22.2 Å². The Morgan fingerprint density at radius 1 is 0.607 bits per heavy atom. The van der Waals surface area contributed by atoms with E-state index in [-0.39, 0.29) is 34.6 Å². The average molecular weight is 428 g/mol. The van der Waals surface area contributed by atoms with Crippen LogP contribution in [-0.2, 0) is 32.8 Å². The Kier molecular flexibility index (Phi) is 4.66. The molecule has 0 saturated carbocycles. The monoisotopic (exact) mass is 428 g/mol. The predicted molar refractivity (Wildman–Crippen MR) is 104 cm³/mol. The van der Waals surface area contributed by atoms with Gasteiger partial charge in [-0.15, -0.1) is 0 Å². The third-order valence-electron chi connectivity index (χ3n) is 4.43. The van der Waals surface area contributed by atoms with Gasteiger partial charge in [-0.05, 0) is 12.1 Å². The summed E-state index contributed by atoms with van der Waals surface area (Å²) in [4.78, 5) is 49.9. The summed E-state index contributed by atoms with van der Waals surface area (Å²) in [7, 11) is -6.82. The molecule has 150 valence electrons. The van der Waals surface area contributed by atoms with Crippen molar-refractivity contribution < 1.29 is 16.8 Å². The number of benzene rings is 1. The first-order valence-electron chi connectivity index (χ1n) is 8.06. The van der Waals surface area contributed by atoms with Gasteiger partial charge >= 0.3 is 0 Å². The molecule has 12 heteroatoms. The molecule has 0 saturated heterocycles. The Morgan fingerprint density at radius 2 is 0.857 bits per heavy atom. The topological polar surface area (TPSA) is 146 Å². The van der Waals surface area contributed by atoms with Crippen molar-refractivity contribution in [2.75, 3.05) is 24.0 Å². The molecule has 3 aromatic rings. The predicted octanol–water partition coefficient (Wildman–Crippen LogP) is -2.00. The van der Waals surface area contributed by atoms with Gasteiger partial charge in [-0.1, -0.05) is 0 Å². The summed E-state index contributed by atoms with van der Waals surface area (Å²) < 4.78 is 46.7. The molecule has 3 rings (SSSR count). The zero-order chi connectivity index (χ0) is 21.0. The van der Waals surface area contributed by atoms with Crippen LogP contribution in [0.15, 0.2) is 31.3 Å². The van der Waals surface area contributed by atoms with Crippen molar-refractivity contribution in [1.82, 2.24) is 9.13 Å². The first-order chi connectivity index (χ1) is 12.8. The fraction of sp³-hybridized carbons (Fsp3) is 0.375. The molecule has 0 amide bonds. The molecular weight excluding hydrogens is 412 g/mol. The van der Waals surface area contributed by atoms with Crippen LogP contribution in [0.5, 0.6) is 0 Å². The van der Waals surface area contributed by atoms with E-state index in [1.54, 1.807) is 0 Å². The van der Waals surface area contributed by atoms with Crippen LogP contribution in [0.25, 0.3) is 21.5 Å². The minimum Gasteiger partial charge on any atom is -0.273 e. The first-order valence-corrected chi connectivity index (χ1v) is 12.2. The lowest BCUT2D eigenvalue weighted by Gasteiger charge is -1.98. The van der Waals surface area contributed by atoms with Crippen LogP contribution >= 0.6 is 0 Å². The zero-order valence-electron chi connectivity index (χ0n) is 15.0. The molecule has 10 nitrogen and oxygen atoms in total. The van der Waals surface area contributed by atoms with Gasteiger partial charge in [0.25, 0.3) is 22.2 Å². The fourth-order valence-corrected chi connectivity index (χ4v) is 4.02. The molecule has 0 fully saturated rings. The lowest BCUT2D eigenvalue weighted by atomic mass is 10.1. The van der Waals surface area contributed by atoms with Gasteiger partial charge in [-0.2, -0.15) is 0 Å². The minimum absolute atomic E-state index is 0.0941. The highest BCUT2D eigenvalue weighted by atomic mass is 32.2. The van der Waals surface area contributed by atoms with Gasteiger partial charge < -0.3 is 0 Å². The Bertz CT molecular complexity index is 1340. The molecule has 0 radical (unpaired) electrons. The Hall–Kier alpha value is -2.60. The van der Waals surface area contributed by atoms with E-state index >= 15 is 0 Å². The van der Waals surface area contributed by atoms with Crippen molar-refractivity contribution >= 4 is 41.2 Å². The summed E-state index contributed by atoms with van der Waals surface area (Å²) in [5.74, 6) is -0.815. The average Bonchev–Trinajstić information content (AvgIpc) is 2.94. The number of nitrogens with zero attached hydrogens (tertiary/aromatic N) is 2. The van der Waals surface area contributed by atoms with Crippen molar-refractivity contribution in [3.8, 4) is 0 Å². The van der Waals surface area contributed by atoms with Crippen molar-refractivity contribution in [3.63, 3.8) is 0 Å². The molecule has 0 spiro atoms. The Morgan fingerprint density at radius 3 is 1.07 bits per heavy atom. The van der Waals surface area contributed by atoms with Crippen LogP contribution in [0.3, 0.4) is 0 Å². The quantitative estimate of drug-likeness (QED) is 0.438. The van der Waals surface area contributed by atoms with Crippen molar-refractivity contribution in [2.45, 2.75) is 13.1 Å². The summed E-state index contributed by atoms with van der Waals surface area (Å²) in [5.41, 5.74) is -3.00. The lowest BCUT2D eigenvalue weighted by molar-refractivity contribution is 0.591. The standard InChI is InChI=1S/C16H16N2O8S2/c1-27(23,24)5-3-17-13(19)9-7-11-12(8-10(9)14(17)20)16(22)18(15(11)21)4-6-28(2,25)26/h7-8H,3-6H2,1-2H3. The largest absolute Gasteiger partial charge is 0.273 e. The molecule has 2 aromatic heterocycles. The second kappa shape index (κ2) is 6.48. The van der Waals surface area contributed by atoms with E-state index in [4.69, 9.17) is 0 Å². The van der Waals surface area contributed by atoms with Crippen molar-refractivity contribution in [1.29, 1.82) is 0 Å². The summed E-state index contributed by atoms with van der Waals surface area (Å²) >= 11 is 0. The maximum atomic E-state index is 12.5. The van der Waals surface area contributed by atoms with E-state index in [1.807, 2.05) is 0 Å². The SMILES string of the molecule is CS(=O)(=O)CCn1c(=O)c2cc3c(=O)n(CCS(C)(=O)=O)c(=O)c3cc2c1=O. The van der Waals surface area contributed by atoms with Gasteiger partial charge in [0, 0.05) is 25.6 Å². The van der Waals surface area contributed by atoms with Gasteiger partial charge in [0.2, 0.25) is 0 Å². The van der Waals surface area contributed by atoms with Crippen LogP contribution in [0.1, 0.15) is 0 Å². The molecule has 1 aromatic carbocycles. The number of hydrogen-bond acceptors (Lipinski definition) is 8. The van der Waals surface area contributed by atoms with E-state index < -0.39 is 53.4 Å². The molecule has 2 heterocycles. The van der Waals surface area contributed by atoms with Gasteiger partial charge in [0.15, 0.2) is 0 Å². The molecule has 0 aliphatic carbocycles. The highest BCUT2D eigenvalue weighted by molar-refractivity contribution is 7.90. The van der Waals surface area contributed by atoms with Crippen LogP contribution in [0.2, 0.25) is 0 Å². The smallest absolute Gasteiger partial charge is 0.261 e. The molecule has 28 heavy (non-hydrogen) atoms. The fourth-order valence-electron chi connectivity index (χ4n) is 2.99. The third kappa shape index (κ3) is 3.56. The van der Waals surface area contributed by atoms with E-state index in [1.165, 1.54) is 0 Å². The second-order valence-electron chi connectivity index (χ2n) is 6.73. The van der Waals surface area contributed by atoms with Gasteiger partial charge in [-0.3, -0.25) is 28.3 Å². The summed E-state index contributed by atoms with van der Waals surface area (Å²) in [5, 5.41) is -0.376. The number of rotatable bonds is 6. The van der Waals surface area contributed by atoms with E-state index in [0.717, 1.165) is 33.8 Å². The summed E-state index contributed by atoms with van der Waals surface area (Å²) in [6.45, 7) is -0.670. The van der Waals surface area contributed by atoms with E-state index in [0.29, 0.717) is 0 Å². The van der Waals surface area contributed by atoms with Gasteiger partial charge in [-0.25, -0.2) is 16.8 Å². The number of sulfone groups is 2. The Balaban J connectivity index is 2.22. The molecule has 0 unspecified atom stereocenters. The molecule has 0 aliphatic rings. The van der Waals surface area contributed by atoms with Crippen LogP contribution in [0, 0.1) is 0 Å². The molecule has 0 N–H and O–H groups in total.